The van der Waals surface area contributed by atoms with Crippen LogP contribution in [0.3, 0.4) is 0 Å². The van der Waals surface area contributed by atoms with Gasteiger partial charge in [-0.15, -0.1) is 0 Å². The molecule has 64 valence electrons. The lowest BCUT2D eigenvalue weighted by Crippen LogP contribution is -2.13. The first-order chi connectivity index (χ1) is 5.43. The minimum Gasteiger partial charge on any atom is -0.393 e. The minimum absolute atomic E-state index is 0.409. The third-order valence-electron chi connectivity index (χ3n) is 2.02. The Morgan fingerprint density at radius 3 is 2.73 bits per heavy atom. The molecule has 0 aliphatic heterocycles. The second-order valence-electron chi connectivity index (χ2n) is 3.06. The smallest absolute Gasteiger partial charge is 0.127 e. The molecule has 1 aliphatic rings. The molecule has 2 heteroatoms. The minimum atomic E-state index is 0.409. The number of hydrogen-bond acceptors (Lipinski definition) is 2. The van der Waals surface area contributed by atoms with E-state index in [9.17, 15) is 0 Å². The predicted molar refractivity (Wildman–Crippen MR) is 46.7 cm³/mol. The lowest BCUT2D eigenvalue weighted by molar-refractivity contribution is 0.0336. The fraction of sp³-hybridized carbons (Fsp3) is 0.889. The Hall–Kier alpha value is -0.530. The molecule has 0 spiro atoms. The van der Waals surface area contributed by atoms with Gasteiger partial charge in [0.15, 0.2) is 0 Å². The highest BCUT2D eigenvalue weighted by molar-refractivity contribution is 5.55. The quantitative estimate of drug-likeness (QED) is 0.453. The van der Waals surface area contributed by atoms with Crippen LogP contribution in [0.1, 0.15) is 45.4 Å². The third-order valence-corrected chi connectivity index (χ3v) is 2.02. The van der Waals surface area contributed by atoms with E-state index in [2.05, 4.69) is 12.1 Å². The Kier molecular flexibility index (Phi) is 4.02. The zero-order valence-corrected chi connectivity index (χ0v) is 7.25. The normalized spacial score (nSPS) is 20.8. The standard InChI is InChI=1S/C9H17NO/c1-2-8-10-11-9-6-4-3-5-7-9/h8-9H,2-7H2,1H3. The van der Waals surface area contributed by atoms with E-state index in [-0.39, 0.29) is 0 Å². The van der Waals surface area contributed by atoms with E-state index in [1.807, 2.05) is 6.21 Å². The summed E-state index contributed by atoms with van der Waals surface area (Å²) in [6, 6.07) is 0. The topological polar surface area (TPSA) is 21.6 Å². The molecule has 0 radical (unpaired) electrons. The van der Waals surface area contributed by atoms with Crippen molar-refractivity contribution in [2.45, 2.75) is 51.6 Å². The van der Waals surface area contributed by atoms with Gasteiger partial charge in [-0.05, 0) is 32.1 Å². The Morgan fingerprint density at radius 2 is 2.09 bits per heavy atom. The second-order valence-corrected chi connectivity index (χ2v) is 3.06. The molecular formula is C9H17NO. The number of hydrogen-bond donors (Lipinski definition) is 0. The first-order valence-corrected chi connectivity index (χ1v) is 4.61. The van der Waals surface area contributed by atoms with Crippen LogP contribution in [0.4, 0.5) is 0 Å². The first kappa shape index (κ1) is 8.57. The van der Waals surface area contributed by atoms with Crippen LogP contribution in [0.25, 0.3) is 0 Å². The molecule has 0 aromatic carbocycles. The highest BCUT2D eigenvalue weighted by Crippen LogP contribution is 2.20. The molecule has 0 N–H and O–H groups in total. The van der Waals surface area contributed by atoms with Gasteiger partial charge in [-0.25, -0.2) is 0 Å². The Bertz CT molecular complexity index is 117. The van der Waals surface area contributed by atoms with Gasteiger partial charge in [-0.2, -0.15) is 0 Å². The number of rotatable bonds is 3. The summed E-state index contributed by atoms with van der Waals surface area (Å²) >= 11 is 0. The largest absolute Gasteiger partial charge is 0.393 e. The second kappa shape index (κ2) is 5.16. The highest BCUT2D eigenvalue weighted by Gasteiger charge is 2.13. The van der Waals surface area contributed by atoms with Gasteiger partial charge in [-0.1, -0.05) is 18.5 Å². The summed E-state index contributed by atoms with van der Waals surface area (Å²) in [5.74, 6) is 0. The molecule has 0 aromatic heterocycles. The van der Waals surface area contributed by atoms with E-state index in [4.69, 9.17) is 4.84 Å². The number of oxime groups is 1. The van der Waals surface area contributed by atoms with E-state index < -0.39 is 0 Å². The zero-order valence-electron chi connectivity index (χ0n) is 7.25. The van der Waals surface area contributed by atoms with Crippen molar-refractivity contribution in [1.82, 2.24) is 0 Å². The van der Waals surface area contributed by atoms with Gasteiger partial charge in [0.25, 0.3) is 0 Å². The number of nitrogens with zero attached hydrogens (tertiary/aromatic N) is 1. The summed E-state index contributed by atoms with van der Waals surface area (Å²) in [6.07, 6.45) is 9.59. The molecule has 0 heterocycles. The summed E-state index contributed by atoms with van der Waals surface area (Å²) in [5.41, 5.74) is 0. The van der Waals surface area contributed by atoms with Crippen LogP contribution in [-0.4, -0.2) is 12.3 Å². The van der Waals surface area contributed by atoms with Crippen LogP contribution in [0, 0.1) is 0 Å². The fourth-order valence-electron chi connectivity index (χ4n) is 1.37. The van der Waals surface area contributed by atoms with Crippen LogP contribution >= 0.6 is 0 Å². The van der Waals surface area contributed by atoms with Gasteiger partial charge in [-0.3, -0.25) is 0 Å². The Morgan fingerprint density at radius 1 is 1.36 bits per heavy atom. The summed E-state index contributed by atoms with van der Waals surface area (Å²) in [6.45, 7) is 2.06. The molecule has 0 unspecified atom stereocenters. The van der Waals surface area contributed by atoms with Gasteiger partial charge in [0.2, 0.25) is 0 Å². The maximum absolute atomic E-state index is 5.29. The van der Waals surface area contributed by atoms with Gasteiger partial charge in [0.05, 0.1) is 0 Å². The van der Waals surface area contributed by atoms with E-state index in [1.54, 1.807) is 0 Å². The highest BCUT2D eigenvalue weighted by atomic mass is 16.6. The molecule has 1 aliphatic carbocycles. The van der Waals surface area contributed by atoms with Crippen molar-refractivity contribution < 1.29 is 4.84 Å². The van der Waals surface area contributed by atoms with Crippen LogP contribution in [0.2, 0.25) is 0 Å². The van der Waals surface area contributed by atoms with E-state index in [0.29, 0.717) is 6.10 Å². The molecule has 1 rings (SSSR count). The van der Waals surface area contributed by atoms with Crippen LogP contribution in [0.5, 0.6) is 0 Å². The van der Waals surface area contributed by atoms with E-state index in [0.717, 1.165) is 6.42 Å². The van der Waals surface area contributed by atoms with Crippen molar-refractivity contribution in [3.05, 3.63) is 0 Å². The lowest BCUT2D eigenvalue weighted by atomic mass is 9.98. The predicted octanol–water partition coefficient (Wildman–Crippen LogP) is 2.73. The lowest BCUT2D eigenvalue weighted by Gasteiger charge is -2.18. The van der Waals surface area contributed by atoms with Crippen molar-refractivity contribution in [3.8, 4) is 0 Å². The van der Waals surface area contributed by atoms with Gasteiger partial charge in [0, 0.05) is 6.21 Å². The third kappa shape index (κ3) is 3.40. The summed E-state index contributed by atoms with van der Waals surface area (Å²) in [7, 11) is 0. The van der Waals surface area contributed by atoms with Crippen LogP contribution < -0.4 is 0 Å². The monoisotopic (exact) mass is 155 g/mol. The van der Waals surface area contributed by atoms with Crippen molar-refractivity contribution >= 4 is 6.21 Å². The maximum Gasteiger partial charge on any atom is 0.127 e. The first-order valence-electron chi connectivity index (χ1n) is 4.61. The summed E-state index contributed by atoms with van der Waals surface area (Å²) in [5, 5.41) is 3.89. The van der Waals surface area contributed by atoms with Crippen LogP contribution in [0.15, 0.2) is 5.16 Å². The molecule has 0 atom stereocenters. The van der Waals surface area contributed by atoms with Gasteiger partial charge < -0.3 is 4.84 Å². The van der Waals surface area contributed by atoms with Crippen molar-refractivity contribution in [1.29, 1.82) is 0 Å². The van der Waals surface area contributed by atoms with Crippen molar-refractivity contribution in [2.24, 2.45) is 5.16 Å². The van der Waals surface area contributed by atoms with Gasteiger partial charge in [0.1, 0.15) is 6.10 Å². The molecule has 0 bridgehead atoms. The molecule has 1 fully saturated rings. The molecule has 0 aromatic rings. The van der Waals surface area contributed by atoms with Gasteiger partial charge >= 0.3 is 0 Å². The molecule has 0 amide bonds. The Labute approximate surface area is 68.6 Å². The molecule has 2 nitrogen and oxygen atoms in total. The maximum atomic E-state index is 5.29. The summed E-state index contributed by atoms with van der Waals surface area (Å²) < 4.78 is 0. The van der Waals surface area contributed by atoms with Crippen LogP contribution in [-0.2, 0) is 4.84 Å². The molecule has 11 heavy (non-hydrogen) atoms. The van der Waals surface area contributed by atoms with E-state index in [1.165, 1.54) is 32.1 Å². The Balaban J connectivity index is 2.09. The molecule has 0 saturated heterocycles. The average molecular weight is 155 g/mol. The van der Waals surface area contributed by atoms with Crippen molar-refractivity contribution in [3.63, 3.8) is 0 Å². The fourth-order valence-corrected chi connectivity index (χ4v) is 1.37. The molecular weight excluding hydrogens is 138 g/mol. The molecule has 1 saturated carbocycles. The zero-order chi connectivity index (χ0) is 7.94. The van der Waals surface area contributed by atoms with Crippen molar-refractivity contribution in [2.75, 3.05) is 0 Å². The SMILES string of the molecule is CCC=NOC1CCCCC1. The van der Waals surface area contributed by atoms with E-state index >= 15 is 0 Å². The average Bonchev–Trinajstić information content (AvgIpc) is 2.07. The summed E-state index contributed by atoms with van der Waals surface area (Å²) in [4.78, 5) is 5.29.